The molecule has 1 fully saturated rings. The average molecular weight is 527 g/mol. The van der Waals surface area contributed by atoms with Crippen molar-refractivity contribution in [2.75, 3.05) is 4.90 Å². The van der Waals surface area contributed by atoms with E-state index in [2.05, 4.69) is 4.40 Å². The summed E-state index contributed by atoms with van der Waals surface area (Å²) in [6, 6.07) is 32.8. The molecule has 1 heterocycles. The Morgan fingerprint density at radius 3 is 1.89 bits per heavy atom. The minimum Gasteiger partial charge on any atom is -0.311 e. The number of para-hydroxylation sites is 1. The number of carbonyl (C=O) groups is 1. The van der Waals surface area contributed by atoms with Crippen molar-refractivity contribution in [2.24, 2.45) is 4.40 Å². The van der Waals surface area contributed by atoms with Gasteiger partial charge in [0.1, 0.15) is 5.25 Å². The number of sulfonamides is 1. The highest BCUT2D eigenvalue weighted by Gasteiger charge is 2.46. The zero-order valence-electron chi connectivity index (χ0n) is 20.5. The van der Waals surface area contributed by atoms with Crippen LogP contribution in [-0.2, 0) is 10.0 Å². The monoisotopic (exact) mass is 526 g/mol. The van der Waals surface area contributed by atoms with E-state index in [0.717, 1.165) is 22.4 Å². The van der Waals surface area contributed by atoms with E-state index in [1.54, 1.807) is 36.4 Å². The zero-order chi connectivity index (χ0) is 26.0. The molecule has 0 unspecified atom stereocenters. The number of amidine groups is 1. The number of benzene rings is 4. The molecule has 7 heteroatoms. The second kappa shape index (κ2) is 10.4. The molecule has 1 aliphatic rings. The van der Waals surface area contributed by atoms with Gasteiger partial charge in [0.05, 0.1) is 10.9 Å². The number of aryl methyl sites for hydroxylation is 2. The molecule has 1 saturated heterocycles. The second-order valence-electron chi connectivity index (χ2n) is 8.99. The SMILES string of the molecule is Cc1ccc([C@H]2[C@H](C(=O)c3ccccc3)S/C(=N/S(=O)(=O)c3ccc(C)cc3)N2c2ccccc2)cc1. The van der Waals surface area contributed by atoms with Gasteiger partial charge >= 0.3 is 0 Å². The molecule has 4 aromatic rings. The lowest BCUT2D eigenvalue weighted by Gasteiger charge is -2.28. The van der Waals surface area contributed by atoms with Gasteiger partial charge < -0.3 is 4.90 Å². The Hall–Kier alpha value is -3.68. The summed E-state index contributed by atoms with van der Waals surface area (Å²) in [6.45, 7) is 3.91. The van der Waals surface area contributed by atoms with Gasteiger partial charge in [0.2, 0.25) is 0 Å². The lowest BCUT2D eigenvalue weighted by Crippen LogP contribution is -2.33. The van der Waals surface area contributed by atoms with Gasteiger partial charge in [-0.2, -0.15) is 8.42 Å². The van der Waals surface area contributed by atoms with Gasteiger partial charge in [-0.3, -0.25) is 4.79 Å². The quantitative estimate of drug-likeness (QED) is 0.265. The summed E-state index contributed by atoms with van der Waals surface area (Å²) in [7, 11) is -4.01. The highest BCUT2D eigenvalue weighted by molar-refractivity contribution is 8.16. The van der Waals surface area contributed by atoms with Crippen LogP contribution in [0.4, 0.5) is 5.69 Å². The first-order chi connectivity index (χ1) is 17.8. The molecule has 5 rings (SSSR count). The Kier molecular flexibility index (Phi) is 7.00. The van der Waals surface area contributed by atoms with Crippen molar-refractivity contribution in [2.45, 2.75) is 30.0 Å². The number of rotatable bonds is 6. The number of hydrogen-bond donors (Lipinski definition) is 0. The number of hydrogen-bond acceptors (Lipinski definition) is 4. The Bertz CT molecular complexity index is 1530. The van der Waals surface area contributed by atoms with Gasteiger partial charge in [0.15, 0.2) is 11.0 Å². The fraction of sp³-hybridized carbons (Fsp3) is 0.133. The number of Topliss-reactive ketones (excluding diaryl/α,β-unsaturated/α-hetero) is 1. The largest absolute Gasteiger partial charge is 0.311 e. The standard InChI is InChI=1S/C30H26N2O3S2/c1-21-13-17-23(18-14-21)27-29(28(33)24-9-5-3-6-10-24)36-30(32(27)25-11-7-4-8-12-25)31-37(34,35)26-19-15-22(2)16-20-26/h3-20,27,29H,1-2H3/b31-30+/t27-,29+/m0/s1. The third-order valence-electron chi connectivity index (χ3n) is 6.29. The minimum absolute atomic E-state index is 0.0740. The molecule has 4 aromatic carbocycles. The Balaban J connectivity index is 1.68. The van der Waals surface area contributed by atoms with Gasteiger partial charge in [-0.1, -0.05) is 108 Å². The smallest absolute Gasteiger partial charge is 0.284 e. The lowest BCUT2D eigenvalue weighted by atomic mass is 9.95. The summed E-state index contributed by atoms with van der Waals surface area (Å²) in [5, 5.41) is -0.330. The Morgan fingerprint density at radius 2 is 1.30 bits per heavy atom. The van der Waals surface area contributed by atoms with Crippen molar-refractivity contribution in [1.29, 1.82) is 0 Å². The van der Waals surface area contributed by atoms with Crippen molar-refractivity contribution in [1.82, 2.24) is 0 Å². The molecule has 0 aromatic heterocycles. The van der Waals surface area contributed by atoms with Gasteiger partial charge in [-0.05, 0) is 43.7 Å². The van der Waals surface area contributed by atoms with E-state index in [9.17, 15) is 13.2 Å². The van der Waals surface area contributed by atoms with Crippen LogP contribution in [0.1, 0.15) is 33.1 Å². The van der Waals surface area contributed by atoms with Crippen LogP contribution in [0.3, 0.4) is 0 Å². The van der Waals surface area contributed by atoms with Crippen molar-refractivity contribution < 1.29 is 13.2 Å². The molecule has 186 valence electrons. The molecule has 0 amide bonds. The first-order valence-electron chi connectivity index (χ1n) is 11.9. The highest BCUT2D eigenvalue weighted by Crippen LogP contribution is 2.46. The molecule has 0 spiro atoms. The molecular weight excluding hydrogens is 500 g/mol. The summed E-state index contributed by atoms with van der Waals surface area (Å²) < 4.78 is 31.1. The van der Waals surface area contributed by atoms with Crippen molar-refractivity contribution in [3.8, 4) is 0 Å². The molecule has 37 heavy (non-hydrogen) atoms. The van der Waals surface area contributed by atoms with E-state index in [1.807, 2.05) is 91.5 Å². The summed E-state index contributed by atoms with van der Waals surface area (Å²) in [4.78, 5) is 15.8. The fourth-order valence-corrected chi connectivity index (χ4v) is 6.89. The molecule has 1 aliphatic heterocycles. The van der Waals surface area contributed by atoms with Gasteiger partial charge in [0.25, 0.3) is 10.0 Å². The third-order valence-corrected chi connectivity index (χ3v) is 8.91. The first-order valence-corrected chi connectivity index (χ1v) is 14.2. The maximum absolute atomic E-state index is 13.8. The van der Waals surface area contributed by atoms with E-state index in [0.29, 0.717) is 5.56 Å². The predicted octanol–water partition coefficient (Wildman–Crippen LogP) is 6.59. The Morgan fingerprint density at radius 1 is 0.757 bits per heavy atom. The van der Waals surface area contributed by atoms with Crippen LogP contribution in [0.25, 0.3) is 0 Å². The maximum Gasteiger partial charge on any atom is 0.284 e. The number of ketones is 1. The molecule has 0 aliphatic carbocycles. The van der Waals surface area contributed by atoms with Gasteiger partial charge in [-0.15, -0.1) is 4.40 Å². The Labute approximate surface area is 221 Å². The molecule has 0 bridgehead atoms. The topological polar surface area (TPSA) is 66.8 Å². The highest BCUT2D eigenvalue weighted by atomic mass is 32.2. The maximum atomic E-state index is 13.8. The van der Waals surface area contributed by atoms with Crippen molar-refractivity contribution >= 4 is 38.4 Å². The number of nitrogens with zero attached hydrogens (tertiary/aromatic N) is 2. The predicted molar refractivity (Wildman–Crippen MR) is 151 cm³/mol. The number of thioether (sulfide) groups is 1. The van der Waals surface area contributed by atoms with E-state index < -0.39 is 21.3 Å². The molecule has 2 atom stereocenters. The van der Waals surface area contributed by atoms with E-state index in [4.69, 9.17) is 0 Å². The molecule has 0 radical (unpaired) electrons. The van der Waals surface area contributed by atoms with E-state index in [-0.39, 0.29) is 15.8 Å². The van der Waals surface area contributed by atoms with E-state index in [1.165, 1.54) is 11.8 Å². The van der Waals surface area contributed by atoms with Crippen LogP contribution in [0.15, 0.2) is 118 Å². The summed E-state index contributed by atoms with van der Waals surface area (Å²) in [5.74, 6) is -0.0740. The fourth-order valence-electron chi connectivity index (χ4n) is 4.33. The molecular formula is C30H26N2O3S2. The molecule has 5 nitrogen and oxygen atoms in total. The van der Waals surface area contributed by atoms with Crippen molar-refractivity contribution in [3.63, 3.8) is 0 Å². The number of anilines is 1. The van der Waals surface area contributed by atoms with Crippen LogP contribution >= 0.6 is 11.8 Å². The van der Waals surface area contributed by atoms with Gasteiger partial charge in [-0.25, -0.2) is 0 Å². The number of carbonyl (C=O) groups excluding carboxylic acids is 1. The molecule has 0 saturated carbocycles. The summed E-state index contributed by atoms with van der Waals surface area (Å²) >= 11 is 1.20. The lowest BCUT2D eigenvalue weighted by molar-refractivity contribution is 0.0983. The second-order valence-corrected chi connectivity index (χ2v) is 11.7. The first kappa shape index (κ1) is 25.0. The van der Waals surface area contributed by atoms with Crippen LogP contribution in [0.5, 0.6) is 0 Å². The normalized spacial score (nSPS) is 18.8. The summed E-state index contributed by atoms with van der Waals surface area (Å²) in [5.41, 5.74) is 4.31. The minimum atomic E-state index is -4.01. The van der Waals surface area contributed by atoms with Gasteiger partial charge in [0, 0.05) is 11.3 Å². The van der Waals surface area contributed by atoms with Crippen LogP contribution in [0, 0.1) is 13.8 Å². The van der Waals surface area contributed by atoms with E-state index >= 15 is 0 Å². The molecule has 0 N–H and O–H groups in total. The third kappa shape index (κ3) is 5.24. The zero-order valence-corrected chi connectivity index (χ0v) is 22.1. The van der Waals surface area contributed by atoms with Crippen LogP contribution in [0.2, 0.25) is 0 Å². The van der Waals surface area contributed by atoms with Crippen LogP contribution in [-0.4, -0.2) is 24.6 Å². The van der Waals surface area contributed by atoms with Crippen LogP contribution < -0.4 is 4.90 Å². The summed E-state index contributed by atoms with van der Waals surface area (Å²) in [6.07, 6.45) is 0. The van der Waals surface area contributed by atoms with Crippen molar-refractivity contribution in [3.05, 3.63) is 131 Å². The average Bonchev–Trinajstić information content (AvgIpc) is 3.28.